The van der Waals surface area contributed by atoms with Gasteiger partial charge in [-0.1, -0.05) is 57.6 Å². The van der Waals surface area contributed by atoms with E-state index in [1.807, 2.05) is 17.0 Å². The average Bonchev–Trinajstić information content (AvgIpc) is 3.10. The number of aliphatic hydroxyl groups is 1. The highest BCUT2D eigenvalue weighted by molar-refractivity contribution is 6.42. The number of amides is 3. The number of carbonyl (C=O) groups is 3. The second kappa shape index (κ2) is 18.4. The predicted octanol–water partition coefficient (Wildman–Crippen LogP) is 6.62. The number of aliphatic hydroxyl groups excluding tert-OH is 1. The highest BCUT2D eigenvalue weighted by Crippen LogP contribution is 2.32. The number of nitrogens with zero attached hydrogens (tertiary/aromatic N) is 5. The Balaban J connectivity index is 1.21. The minimum atomic E-state index is -0.340. The van der Waals surface area contributed by atoms with Crippen LogP contribution in [0.4, 0.5) is 0 Å². The molecule has 3 saturated heterocycles. The molecule has 3 fully saturated rings. The quantitative estimate of drug-likeness (QED) is 0.192. The van der Waals surface area contributed by atoms with Gasteiger partial charge in [-0.2, -0.15) is 0 Å². The smallest absolute Gasteiger partial charge is 0.254 e. The molecule has 2 atom stereocenters. The van der Waals surface area contributed by atoms with E-state index >= 15 is 0 Å². The third-order valence-corrected chi connectivity index (χ3v) is 11.5. The van der Waals surface area contributed by atoms with E-state index in [1.54, 1.807) is 41.1 Å². The average molecular weight is 784 g/mol. The standard InChI is InChI=1S/C37H47Cl4N5O5/c1-43(36(49)26-18-27(38)22-28(39)19-26)23-34(42-51-2)31(24-5-6-32(40)33(41)20-24)11-15-44-13-7-29(8-14-44)46-12-3-4-25(37(46)50)21-35(48)45-16-9-30(47)10-17-45/h5-6,18-20,22,25,29-31,47H,3-4,7-17,21,23H2,1-2H3. The van der Waals surface area contributed by atoms with Gasteiger partial charge in [0, 0.05) is 79.7 Å². The van der Waals surface area contributed by atoms with Crippen molar-refractivity contribution in [3.63, 3.8) is 0 Å². The molecule has 3 amide bonds. The molecule has 2 unspecified atom stereocenters. The van der Waals surface area contributed by atoms with E-state index in [4.69, 9.17) is 51.2 Å². The Kier molecular flexibility index (Phi) is 14.3. The third kappa shape index (κ3) is 10.5. The van der Waals surface area contributed by atoms with Crippen LogP contribution in [0, 0.1) is 5.92 Å². The molecule has 5 rings (SSSR count). The molecule has 0 bridgehead atoms. The van der Waals surface area contributed by atoms with Crippen LogP contribution in [0.25, 0.3) is 0 Å². The Labute approximate surface area is 320 Å². The third-order valence-electron chi connectivity index (χ3n) is 10.4. The summed E-state index contributed by atoms with van der Waals surface area (Å²) in [5.74, 6) is -0.648. The van der Waals surface area contributed by atoms with E-state index in [1.165, 1.54) is 7.11 Å². The first-order chi connectivity index (χ1) is 24.4. The molecular formula is C37H47Cl4N5O5. The lowest BCUT2D eigenvalue weighted by Gasteiger charge is -2.42. The molecule has 2 aromatic rings. The highest BCUT2D eigenvalue weighted by atomic mass is 35.5. The minimum absolute atomic E-state index is 0.0225. The van der Waals surface area contributed by atoms with Crippen molar-refractivity contribution in [2.45, 2.75) is 69.4 Å². The zero-order chi connectivity index (χ0) is 36.7. The molecular weight excluding hydrogens is 736 g/mol. The summed E-state index contributed by atoms with van der Waals surface area (Å²) >= 11 is 25.1. The molecule has 3 heterocycles. The number of hydrogen-bond acceptors (Lipinski definition) is 7. The molecule has 0 spiro atoms. The second-order valence-corrected chi connectivity index (χ2v) is 15.5. The molecule has 0 aromatic heterocycles. The topological polar surface area (TPSA) is 106 Å². The van der Waals surface area contributed by atoms with E-state index in [0.717, 1.165) is 57.4 Å². The van der Waals surface area contributed by atoms with E-state index in [9.17, 15) is 19.5 Å². The fraction of sp³-hybridized carbons (Fsp3) is 0.568. The van der Waals surface area contributed by atoms with Crippen molar-refractivity contribution in [1.82, 2.24) is 19.6 Å². The summed E-state index contributed by atoms with van der Waals surface area (Å²) in [7, 11) is 3.18. The second-order valence-electron chi connectivity index (χ2n) is 13.9. The van der Waals surface area contributed by atoms with Crippen molar-refractivity contribution in [3.05, 3.63) is 67.6 Å². The maximum absolute atomic E-state index is 13.6. The maximum atomic E-state index is 13.6. The number of hydrogen-bond donors (Lipinski definition) is 1. The highest BCUT2D eigenvalue weighted by Gasteiger charge is 2.37. The summed E-state index contributed by atoms with van der Waals surface area (Å²) < 4.78 is 0. The first-order valence-electron chi connectivity index (χ1n) is 17.7. The zero-order valence-electron chi connectivity index (χ0n) is 29.2. The van der Waals surface area contributed by atoms with Gasteiger partial charge in [0.1, 0.15) is 7.11 Å². The lowest BCUT2D eigenvalue weighted by atomic mass is 9.89. The molecule has 2 aromatic carbocycles. The van der Waals surface area contributed by atoms with Crippen LogP contribution in [-0.4, -0.2) is 120 Å². The van der Waals surface area contributed by atoms with Gasteiger partial charge in [0.2, 0.25) is 11.8 Å². The molecule has 3 aliphatic heterocycles. The summed E-state index contributed by atoms with van der Waals surface area (Å²) in [5.41, 5.74) is 1.92. The van der Waals surface area contributed by atoms with Crippen molar-refractivity contribution in [2.75, 3.05) is 60.0 Å². The molecule has 3 aliphatic rings. The van der Waals surface area contributed by atoms with Gasteiger partial charge in [0.15, 0.2) is 0 Å². The van der Waals surface area contributed by atoms with Crippen LogP contribution in [0.15, 0.2) is 41.6 Å². The molecule has 278 valence electrons. The SMILES string of the molecule is CON=C(CN(C)C(=O)c1cc(Cl)cc(Cl)c1)C(CCN1CCC(N2CCCC(CC(=O)N3CCC(O)CC3)C2=O)CC1)c1ccc(Cl)c(Cl)c1. The molecule has 1 N–H and O–H groups in total. The summed E-state index contributed by atoms with van der Waals surface area (Å²) in [6.07, 6.45) is 5.13. The van der Waals surface area contributed by atoms with Gasteiger partial charge in [0.05, 0.1) is 28.4 Å². The van der Waals surface area contributed by atoms with Gasteiger partial charge >= 0.3 is 0 Å². The van der Waals surface area contributed by atoms with Gasteiger partial charge in [-0.3, -0.25) is 14.4 Å². The Bertz CT molecular complexity index is 1560. The largest absolute Gasteiger partial charge is 0.399 e. The van der Waals surface area contributed by atoms with Crippen LogP contribution in [0.1, 0.15) is 73.2 Å². The molecule has 0 aliphatic carbocycles. The first-order valence-corrected chi connectivity index (χ1v) is 19.2. The van der Waals surface area contributed by atoms with Crippen LogP contribution >= 0.6 is 46.4 Å². The van der Waals surface area contributed by atoms with Crippen molar-refractivity contribution in [2.24, 2.45) is 11.1 Å². The lowest BCUT2D eigenvalue weighted by molar-refractivity contribution is -0.147. The van der Waals surface area contributed by atoms with E-state index < -0.39 is 0 Å². The molecule has 0 saturated carbocycles. The van der Waals surface area contributed by atoms with Crippen molar-refractivity contribution in [3.8, 4) is 0 Å². The van der Waals surface area contributed by atoms with Crippen LogP contribution in [0.5, 0.6) is 0 Å². The number of oxime groups is 1. The van der Waals surface area contributed by atoms with Crippen molar-refractivity contribution in [1.29, 1.82) is 0 Å². The monoisotopic (exact) mass is 781 g/mol. The normalized spacial score (nSPS) is 20.4. The van der Waals surface area contributed by atoms with Gasteiger partial charge in [-0.15, -0.1) is 0 Å². The van der Waals surface area contributed by atoms with E-state index in [-0.39, 0.29) is 54.7 Å². The van der Waals surface area contributed by atoms with Crippen molar-refractivity contribution >= 4 is 69.8 Å². The molecule has 0 radical (unpaired) electrons. The molecule has 51 heavy (non-hydrogen) atoms. The first kappa shape index (κ1) is 39.6. The number of benzene rings is 2. The number of likely N-dealkylation sites (tertiary alicyclic amines) is 3. The summed E-state index contributed by atoms with van der Waals surface area (Å²) in [6, 6.07) is 10.4. The number of halogens is 4. The van der Waals surface area contributed by atoms with Gasteiger partial charge in [-0.25, -0.2) is 0 Å². The van der Waals surface area contributed by atoms with E-state index in [2.05, 4.69) is 10.1 Å². The van der Waals surface area contributed by atoms with Gasteiger partial charge < -0.3 is 29.5 Å². The summed E-state index contributed by atoms with van der Waals surface area (Å²) in [5, 5.41) is 15.8. The molecule has 14 heteroatoms. The van der Waals surface area contributed by atoms with Gasteiger partial charge in [0.25, 0.3) is 5.91 Å². The Morgan fingerprint density at radius 1 is 0.941 bits per heavy atom. The maximum Gasteiger partial charge on any atom is 0.254 e. The lowest BCUT2D eigenvalue weighted by Crippen LogP contribution is -2.52. The van der Waals surface area contributed by atoms with Crippen LogP contribution in [0.2, 0.25) is 20.1 Å². The Morgan fingerprint density at radius 2 is 1.63 bits per heavy atom. The van der Waals surface area contributed by atoms with E-state index in [0.29, 0.717) is 63.7 Å². The predicted molar refractivity (Wildman–Crippen MR) is 202 cm³/mol. The Hall–Kier alpha value is -2.60. The van der Waals surface area contributed by atoms with Crippen molar-refractivity contribution < 1.29 is 24.3 Å². The van der Waals surface area contributed by atoms with Crippen LogP contribution in [-0.2, 0) is 14.4 Å². The van der Waals surface area contributed by atoms with Crippen LogP contribution in [0.3, 0.4) is 0 Å². The fourth-order valence-corrected chi connectivity index (χ4v) is 8.37. The summed E-state index contributed by atoms with van der Waals surface area (Å²) in [4.78, 5) is 53.1. The van der Waals surface area contributed by atoms with Crippen LogP contribution < -0.4 is 0 Å². The molecule has 10 nitrogen and oxygen atoms in total. The number of carbonyl (C=O) groups excluding carboxylic acids is 3. The summed E-state index contributed by atoms with van der Waals surface area (Å²) in [6.45, 7) is 4.43. The zero-order valence-corrected chi connectivity index (χ0v) is 32.2. The fourth-order valence-electron chi connectivity index (χ4n) is 7.54. The number of rotatable bonds is 12. The number of piperidine rings is 3. The minimum Gasteiger partial charge on any atom is -0.399 e. The Morgan fingerprint density at radius 3 is 2.27 bits per heavy atom. The van der Waals surface area contributed by atoms with Gasteiger partial charge in [-0.05, 0) is 87.4 Å².